The van der Waals surface area contributed by atoms with Crippen molar-refractivity contribution in [2.75, 3.05) is 26.8 Å². The lowest BCUT2D eigenvalue weighted by Crippen LogP contribution is -2.23. The third-order valence-electron chi connectivity index (χ3n) is 3.20. The smallest absolute Gasteiger partial charge is 0.0465 e. The summed E-state index contributed by atoms with van der Waals surface area (Å²) in [6, 6.07) is 0. The Labute approximate surface area is 68.3 Å². The summed E-state index contributed by atoms with van der Waals surface area (Å²) < 4.78 is 5.08. The highest BCUT2D eigenvalue weighted by molar-refractivity contribution is 5.00. The lowest BCUT2D eigenvalue weighted by molar-refractivity contribution is 0.187. The molecule has 64 valence electrons. The van der Waals surface area contributed by atoms with Crippen LogP contribution >= 0.6 is 0 Å². The van der Waals surface area contributed by atoms with Crippen LogP contribution in [0.3, 0.4) is 0 Å². The summed E-state index contributed by atoms with van der Waals surface area (Å²) in [5.74, 6) is 3.04. The van der Waals surface area contributed by atoms with Gasteiger partial charge in [0.15, 0.2) is 0 Å². The molecule has 2 unspecified atom stereocenters. The molecule has 2 fully saturated rings. The molecule has 0 aromatic heterocycles. The Balaban J connectivity index is 1.72. The average molecular weight is 155 g/mol. The van der Waals surface area contributed by atoms with Gasteiger partial charge in [0.25, 0.3) is 0 Å². The Bertz CT molecular complexity index is 126. The minimum atomic E-state index is 0.956. The van der Waals surface area contributed by atoms with Gasteiger partial charge < -0.3 is 10.1 Å². The van der Waals surface area contributed by atoms with Crippen LogP contribution in [0.1, 0.15) is 12.8 Å². The van der Waals surface area contributed by atoms with Crippen molar-refractivity contribution >= 4 is 0 Å². The van der Waals surface area contributed by atoms with Gasteiger partial charge in [0.05, 0.1) is 0 Å². The van der Waals surface area contributed by atoms with Gasteiger partial charge in [-0.3, -0.25) is 0 Å². The number of nitrogens with one attached hydrogen (secondary N) is 1. The highest BCUT2D eigenvalue weighted by Crippen LogP contribution is 2.51. The van der Waals surface area contributed by atoms with E-state index in [1.54, 1.807) is 7.11 Å². The molecule has 0 aromatic rings. The molecule has 1 saturated heterocycles. The van der Waals surface area contributed by atoms with Gasteiger partial charge in [0, 0.05) is 13.7 Å². The van der Waals surface area contributed by atoms with Crippen LogP contribution in [0.25, 0.3) is 0 Å². The van der Waals surface area contributed by atoms with Crippen molar-refractivity contribution in [3.8, 4) is 0 Å². The summed E-state index contributed by atoms with van der Waals surface area (Å²) in [7, 11) is 1.80. The maximum atomic E-state index is 5.08. The van der Waals surface area contributed by atoms with E-state index in [-0.39, 0.29) is 0 Å². The van der Waals surface area contributed by atoms with Crippen LogP contribution in [0.2, 0.25) is 0 Å². The van der Waals surface area contributed by atoms with Gasteiger partial charge in [0.2, 0.25) is 0 Å². The van der Waals surface area contributed by atoms with E-state index in [9.17, 15) is 0 Å². The summed E-state index contributed by atoms with van der Waals surface area (Å²) in [6.45, 7) is 3.46. The van der Waals surface area contributed by atoms with E-state index >= 15 is 0 Å². The number of piperidine rings is 1. The Morgan fingerprint density at radius 2 is 2.36 bits per heavy atom. The Morgan fingerprint density at radius 1 is 1.45 bits per heavy atom. The maximum absolute atomic E-state index is 5.08. The fourth-order valence-corrected chi connectivity index (χ4v) is 2.47. The molecule has 0 radical (unpaired) electrons. The zero-order valence-electron chi connectivity index (χ0n) is 7.18. The van der Waals surface area contributed by atoms with Crippen molar-refractivity contribution in [3.05, 3.63) is 0 Å². The zero-order chi connectivity index (χ0) is 7.68. The number of rotatable bonds is 3. The van der Waals surface area contributed by atoms with Crippen molar-refractivity contribution in [1.29, 1.82) is 0 Å². The minimum absolute atomic E-state index is 0.956. The quantitative estimate of drug-likeness (QED) is 0.653. The summed E-state index contributed by atoms with van der Waals surface area (Å²) in [5, 5.41) is 3.44. The Hall–Kier alpha value is -0.0800. The second-order valence-electron chi connectivity index (χ2n) is 3.77. The van der Waals surface area contributed by atoms with Crippen LogP contribution in [-0.2, 0) is 4.74 Å². The highest BCUT2D eigenvalue weighted by atomic mass is 16.5. The van der Waals surface area contributed by atoms with Gasteiger partial charge in [0.1, 0.15) is 0 Å². The minimum Gasteiger partial charge on any atom is -0.385 e. The molecule has 1 aliphatic heterocycles. The number of hydrogen-bond acceptors (Lipinski definition) is 2. The number of ether oxygens (including phenoxy) is 1. The molecular formula is C9H17NO. The van der Waals surface area contributed by atoms with E-state index in [1.165, 1.54) is 25.9 Å². The lowest BCUT2D eigenvalue weighted by Gasteiger charge is -2.08. The van der Waals surface area contributed by atoms with Crippen LogP contribution < -0.4 is 5.32 Å². The van der Waals surface area contributed by atoms with E-state index in [1.807, 2.05) is 0 Å². The monoisotopic (exact) mass is 155 g/mol. The average Bonchev–Trinajstić information content (AvgIpc) is 2.75. The molecule has 0 bridgehead atoms. The largest absolute Gasteiger partial charge is 0.385 e. The van der Waals surface area contributed by atoms with Gasteiger partial charge in [-0.05, 0) is 43.7 Å². The Morgan fingerprint density at radius 3 is 3.00 bits per heavy atom. The molecule has 1 saturated carbocycles. The first-order chi connectivity index (χ1) is 5.43. The molecule has 2 heteroatoms. The first-order valence-electron chi connectivity index (χ1n) is 4.63. The molecule has 2 aliphatic rings. The molecule has 1 heterocycles. The molecule has 11 heavy (non-hydrogen) atoms. The van der Waals surface area contributed by atoms with Crippen molar-refractivity contribution in [1.82, 2.24) is 5.32 Å². The number of hydrogen-bond donors (Lipinski definition) is 1. The zero-order valence-corrected chi connectivity index (χ0v) is 7.18. The summed E-state index contributed by atoms with van der Waals surface area (Å²) in [6.07, 6.45) is 2.69. The van der Waals surface area contributed by atoms with Gasteiger partial charge in [-0.2, -0.15) is 0 Å². The molecule has 3 atom stereocenters. The number of fused-ring (bicyclic) bond motifs is 1. The van der Waals surface area contributed by atoms with Crippen molar-refractivity contribution in [3.63, 3.8) is 0 Å². The maximum Gasteiger partial charge on any atom is 0.0465 e. The van der Waals surface area contributed by atoms with Crippen LogP contribution in [0.4, 0.5) is 0 Å². The SMILES string of the molecule is COCC[C@H]1C2CCNCC21. The molecule has 1 aliphatic carbocycles. The lowest BCUT2D eigenvalue weighted by atomic mass is 10.2. The predicted octanol–water partition coefficient (Wildman–Crippen LogP) is 0.878. The third-order valence-corrected chi connectivity index (χ3v) is 3.20. The summed E-state index contributed by atoms with van der Waals surface area (Å²) in [5.41, 5.74) is 0. The predicted molar refractivity (Wildman–Crippen MR) is 44.4 cm³/mol. The topological polar surface area (TPSA) is 21.3 Å². The summed E-state index contributed by atoms with van der Waals surface area (Å²) in [4.78, 5) is 0. The first kappa shape index (κ1) is 7.56. The van der Waals surface area contributed by atoms with Crippen LogP contribution in [0, 0.1) is 17.8 Å². The first-order valence-corrected chi connectivity index (χ1v) is 4.63. The molecule has 2 rings (SSSR count). The fraction of sp³-hybridized carbons (Fsp3) is 1.00. The van der Waals surface area contributed by atoms with Gasteiger partial charge in [-0.25, -0.2) is 0 Å². The molecule has 2 nitrogen and oxygen atoms in total. The molecule has 1 N–H and O–H groups in total. The molecular weight excluding hydrogens is 138 g/mol. The van der Waals surface area contributed by atoms with Crippen LogP contribution in [0.5, 0.6) is 0 Å². The van der Waals surface area contributed by atoms with Gasteiger partial charge in [-0.15, -0.1) is 0 Å². The Kier molecular flexibility index (Phi) is 2.14. The van der Waals surface area contributed by atoms with Crippen molar-refractivity contribution in [2.45, 2.75) is 12.8 Å². The van der Waals surface area contributed by atoms with E-state index in [0.717, 1.165) is 24.4 Å². The highest BCUT2D eigenvalue weighted by Gasteiger charge is 2.49. The van der Waals surface area contributed by atoms with E-state index in [2.05, 4.69) is 5.32 Å². The van der Waals surface area contributed by atoms with Gasteiger partial charge >= 0.3 is 0 Å². The van der Waals surface area contributed by atoms with E-state index in [4.69, 9.17) is 4.74 Å². The molecule has 0 amide bonds. The number of methoxy groups -OCH3 is 1. The molecule has 0 spiro atoms. The second kappa shape index (κ2) is 3.11. The normalized spacial score (nSPS) is 41.7. The molecule has 0 aromatic carbocycles. The van der Waals surface area contributed by atoms with Gasteiger partial charge in [-0.1, -0.05) is 0 Å². The fourth-order valence-electron chi connectivity index (χ4n) is 2.47. The van der Waals surface area contributed by atoms with E-state index < -0.39 is 0 Å². The van der Waals surface area contributed by atoms with Crippen LogP contribution in [-0.4, -0.2) is 26.8 Å². The third kappa shape index (κ3) is 1.42. The van der Waals surface area contributed by atoms with Crippen molar-refractivity contribution < 1.29 is 4.74 Å². The standard InChI is InChI=1S/C9H17NO/c1-11-5-3-8-7-2-4-10-6-9(7)8/h7-10H,2-6H2,1H3/t7?,8-,9?/m0/s1. The second-order valence-corrected chi connectivity index (χ2v) is 3.77. The van der Waals surface area contributed by atoms with E-state index in [0.29, 0.717) is 0 Å². The summed E-state index contributed by atoms with van der Waals surface area (Å²) >= 11 is 0. The van der Waals surface area contributed by atoms with Crippen molar-refractivity contribution in [2.24, 2.45) is 17.8 Å². The van der Waals surface area contributed by atoms with Crippen LogP contribution in [0.15, 0.2) is 0 Å².